The smallest absolute Gasteiger partial charge is 0.225 e. The standard InChI is InChI=1S/C18H22FNO2S/c19-16-4-2-1-3-15(16)17-9-10-20(11-12-23-17)18(22)13-5-7-14(21)8-6-13/h1-4,13,17H,5-12H2. The van der Waals surface area contributed by atoms with E-state index in [-0.39, 0.29) is 28.7 Å². The van der Waals surface area contributed by atoms with Crippen LogP contribution in [-0.4, -0.2) is 35.4 Å². The predicted molar refractivity (Wildman–Crippen MR) is 89.8 cm³/mol. The number of ketones is 1. The molecule has 124 valence electrons. The Labute approximate surface area is 140 Å². The molecule has 2 aliphatic rings. The van der Waals surface area contributed by atoms with Crippen LogP contribution in [0.3, 0.4) is 0 Å². The van der Waals surface area contributed by atoms with Gasteiger partial charge in [-0.3, -0.25) is 9.59 Å². The molecule has 1 aliphatic carbocycles. The minimum absolute atomic E-state index is 0.00251. The summed E-state index contributed by atoms with van der Waals surface area (Å²) >= 11 is 1.73. The molecule has 1 saturated heterocycles. The summed E-state index contributed by atoms with van der Waals surface area (Å²) in [7, 11) is 0. The molecule has 1 unspecified atom stereocenters. The quantitative estimate of drug-likeness (QED) is 0.829. The van der Waals surface area contributed by atoms with Crippen LogP contribution in [-0.2, 0) is 9.59 Å². The highest BCUT2D eigenvalue weighted by molar-refractivity contribution is 7.99. The molecule has 5 heteroatoms. The van der Waals surface area contributed by atoms with Crippen LogP contribution in [0.5, 0.6) is 0 Å². The molecule has 1 heterocycles. The number of Topliss-reactive ketones (excluding diaryl/α,β-unsaturated/α-hetero) is 1. The Bertz CT molecular complexity index is 582. The van der Waals surface area contributed by atoms with E-state index in [1.807, 2.05) is 17.0 Å². The lowest BCUT2D eigenvalue weighted by Crippen LogP contribution is -2.39. The van der Waals surface area contributed by atoms with E-state index in [4.69, 9.17) is 0 Å². The lowest BCUT2D eigenvalue weighted by atomic mass is 9.87. The van der Waals surface area contributed by atoms with Gasteiger partial charge in [0.2, 0.25) is 5.91 Å². The number of amides is 1. The van der Waals surface area contributed by atoms with E-state index >= 15 is 0 Å². The van der Waals surface area contributed by atoms with E-state index in [0.717, 1.165) is 24.3 Å². The number of hydrogen-bond donors (Lipinski definition) is 0. The van der Waals surface area contributed by atoms with Crippen molar-refractivity contribution in [3.8, 4) is 0 Å². The van der Waals surface area contributed by atoms with Crippen LogP contribution in [0.1, 0.15) is 42.9 Å². The van der Waals surface area contributed by atoms with Crippen LogP contribution >= 0.6 is 11.8 Å². The van der Waals surface area contributed by atoms with Crippen LogP contribution in [0, 0.1) is 11.7 Å². The summed E-state index contributed by atoms with van der Waals surface area (Å²) in [5, 5.41) is 0.113. The maximum atomic E-state index is 14.0. The Morgan fingerprint density at radius 2 is 1.87 bits per heavy atom. The second kappa shape index (κ2) is 7.47. The number of hydrogen-bond acceptors (Lipinski definition) is 3. The highest BCUT2D eigenvalue weighted by Gasteiger charge is 2.30. The van der Waals surface area contributed by atoms with Gasteiger partial charge < -0.3 is 4.90 Å². The molecule has 1 atom stereocenters. The van der Waals surface area contributed by atoms with Gasteiger partial charge >= 0.3 is 0 Å². The normalized spacial score (nSPS) is 23.6. The third-order valence-corrected chi connectivity index (χ3v) is 6.11. The summed E-state index contributed by atoms with van der Waals surface area (Å²) in [5.41, 5.74) is 0.745. The fourth-order valence-electron chi connectivity index (χ4n) is 3.42. The molecule has 0 N–H and O–H groups in total. The molecule has 2 fully saturated rings. The van der Waals surface area contributed by atoms with Crippen LogP contribution in [0.25, 0.3) is 0 Å². The molecule has 0 aromatic heterocycles. The molecule has 0 radical (unpaired) electrons. The summed E-state index contributed by atoms with van der Waals surface area (Å²) in [4.78, 5) is 25.9. The van der Waals surface area contributed by atoms with Gasteiger partial charge in [-0.25, -0.2) is 4.39 Å². The lowest BCUT2D eigenvalue weighted by Gasteiger charge is -2.28. The van der Waals surface area contributed by atoms with Crippen molar-refractivity contribution in [3.63, 3.8) is 0 Å². The van der Waals surface area contributed by atoms with E-state index in [2.05, 4.69) is 0 Å². The molecule has 1 aliphatic heterocycles. The summed E-state index contributed by atoms with van der Waals surface area (Å²) in [6, 6.07) is 6.92. The first-order chi connectivity index (χ1) is 11.1. The fourth-order valence-corrected chi connectivity index (χ4v) is 4.67. The number of carbonyl (C=O) groups is 2. The third-order valence-electron chi connectivity index (χ3n) is 4.80. The molecule has 3 rings (SSSR count). The summed E-state index contributed by atoms with van der Waals surface area (Å²) in [5.74, 6) is 1.14. The number of nitrogens with zero attached hydrogens (tertiary/aromatic N) is 1. The van der Waals surface area contributed by atoms with E-state index in [1.165, 1.54) is 6.07 Å². The lowest BCUT2D eigenvalue weighted by molar-refractivity contribution is -0.137. The van der Waals surface area contributed by atoms with Crippen molar-refractivity contribution in [2.45, 2.75) is 37.4 Å². The number of carbonyl (C=O) groups excluding carboxylic acids is 2. The molecular formula is C18H22FNO2S. The zero-order valence-electron chi connectivity index (χ0n) is 13.2. The largest absolute Gasteiger partial charge is 0.342 e. The summed E-state index contributed by atoms with van der Waals surface area (Å²) < 4.78 is 14.0. The van der Waals surface area contributed by atoms with E-state index < -0.39 is 0 Å². The number of benzene rings is 1. The van der Waals surface area contributed by atoms with Gasteiger partial charge in [0.05, 0.1) is 0 Å². The Balaban J connectivity index is 1.61. The Morgan fingerprint density at radius 3 is 2.61 bits per heavy atom. The van der Waals surface area contributed by atoms with Crippen LogP contribution in [0.2, 0.25) is 0 Å². The molecule has 0 bridgehead atoms. The Morgan fingerprint density at radius 1 is 1.13 bits per heavy atom. The van der Waals surface area contributed by atoms with Crippen LogP contribution in [0.15, 0.2) is 24.3 Å². The molecule has 3 nitrogen and oxygen atoms in total. The number of rotatable bonds is 2. The van der Waals surface area contributed by atoms with E-state index in [1.54, 1.807) is 17.8 Å². The average Bonchev–Trinajstić information content (AvgIpc) is 2.81. The van der Waals surface area contributed by atoms with E-state index in [0.29, 0.717) is 32.2 Å². The van der Waals surface area contributed by atoms with Crippen molar-refractivity contribution in [2.24, 2.45) is 5.92 Å². The Hall–Kier alpha value is -1.36. The van der Waals surface area contributed by atoms with Gasteiger partial charge in [0.25, 0.3) is 0 Å². The maximum absolute atomic E-state index is 14.0. The predicted octanol–water partition coefficient (Wildman–Crippen LogP) is 3.59. The summed E-state index contributed by atoms with van der Waals surface area (Å²) in [6.07, 6.45) is 3.24. The molecule has 1 aromatic carbocycles. The zero-order chi connectivity index (χ0) is 16.2. The van der Waals surface area contributed by atoms with Gasteiger partial charge in [0.15, 0.2) is 0 Å². The first kappa shape index (κ1) is 16.5. The highest BCUT2D eigenvalue weighted by atomic mass is 32.2. The SMILES string of the molecule is O=C1CCC(C(=O)N2CCSC(c3ccccc3F)CC2)CC1. The maximum Gasteiger partial charge on any atom is 0.225 e. The molecule has 0 spiro atoms. The average molecular weight is 335 g/mol. The minimum Gasteiger partial charge on any atom is -0.342 e. The fraction of sp³-hybridized carbons (Fsp3) is 0.556. The monoisotopic (exact) mass is 335 g/mol. The van der Waals surface area contributed by atoms with Gasteiger partial charge in [0, 0.05) is 48.4 Å². The minimum atomic E-state index is -0.157. The van der Waals surface area contributed by atoms with Crippen molar-refractivity contribution in [3.05, 3.63) is 35.6 Å². The van der Waals surface area contributed by atoms with Crippen molar-refractivity contribution in [1.29, 1.82) is 0 Å². The second-order valence-corrected chi connectivity index (χ2v) is 7.62. The van der Waals surface area contributed by atoms with Gasteiger partial charge in [-0.15, -0.1) is 0 Å². The topological polar surface area (TPSA) is 37.4 Å². The second-order valence-electron chi connectivity index (χ2n) is 6.31. The van der Waals surface area contributed by atoms with Crippen molar-refractivity contribution in [1.82, 2.24) is 4.90 Å². The van der Waals surface area contributed by atoms with Crippen LogP contribution < -0.4 is 0 Å². The molecule has 23 heavy (non-hydrogen) atoms. The number of halogens is 1. The Kier molecular flexibility index (Phi) is 5.36. The van der Waals surface area contributed by atoms with Crippen LogP contribution in [0.4, 0.5) is 4.39 Å². The van der Waals surface area contributed by atoms with E-state index in [9.17, 15) is 14.0 Å². The molecule has 1 saturated carbocycles. The van der Waals surface area contributed by atoms with Crippen molar-refractivity contribution in [2.75, 3.05) is 18.8 Å². The molecule has 1 amide bonds. The van der Waals surface area contributed by atoms with Crippen molar-refractivity contribution >= 4 is 23.5 Å². The summed E-state index contributed by atoms with van der Waals surface area (Å²) in [6.45, 7) is 1.40. The molecular weight excluding hydrogens is 313 g/mol. The number of thioether (sulfide) groups is 1. The van der Waals surface area contributed by atoms with Gasteiger partial charge in [-0.1, -0.05) is 18.2 Å². The van der Waals surface area contributed by atoms with Crippen molar-refractivity contribution < 1.29 is 14.0 Å². The zero-order valence-corrected chi connectivity index (χ0v) is 14.0. The third kappa shape index (κ3) is 3.94. The first-order valence-corrected chi connectivity index (χ1v) is 9.36. The first-order valence-electron chi connectivity index (χ1n) is 8.31. The highest BCUT2D eigenvalue weighted by Crippen LogP contribution is 2.36. The van der Waals surface area contributed by atoms with Gasteiger partial charge in [-0.05, 0) is 25.3 Å². The van der Waals surface area contributed by atoms with Gasteiger partial charge in [-0.2, -0.15) is 11.8 Å². The van der Waals surface area contributed by atoms with Gasteiger partial charge in [0.1, 0.15) is 11.6 Å². The molecule has 1 aromatic rings.